The molecule has 0 radical (unpaired) electrons. The maximum atomic E-state index is 11.8. The van der Waals surface area contributed by atoms with Crippen molar-refractivity contribution in [2.24, 2.45) is 5.41 Å². The van der Waals surface area contributed by atoms with Crippen molar-refractivity contribution in [3.8, 4) is 0 Å². The van der Waals surface area contributed by atoms with Crippen molar-refractivity contribution in [3.05, 3.63) is 33.7 Å². The number of nitrogens with one attached hydrogen (secondary N) is 2. The zero-order valence-corrected chi connectivity index (χ0v) is 9.75. The van der Waals surface area contributed by atoms with Crippen LogP contribution in [-0.4, -0.2) is 29.1 Å². The first kappa shape index (κ1) is 11.9. The molecule has 5 nitrogen and oxygen atoms in total. The molecule has 92 valence electrons. The highest BCUT2D eigenvalue weighted by Crippen LogP contribution is 2.44. The number of aromatic nitrogens is 1. The number of aliphatic hydroxyl groups excluding tert-OH is 1. The Hall–Kier alpha value is -1.62. The van der Waals surface area contributed by atoms with Crippen molar-refractivity contribution in [1.82, 2.24) is 10.3 Å². The molecule has 0 spiro atoms. The third kappa shape index (κ3) is 2.55. The Morgan fingerprint density at radius 3 is 2.82 bits per heavy atom. The number of hydrogen-bond donors (Lipinski definition) is 3. The van der Waals surface area contributed by atoms with Gasteiger partial charge in [0.15, 0.2) is 5.43 Å². The van der Waals surface area contributed by atoms with Crippen LogP contribution in [0.2, 0.25) is 0 Å². The number of rotatable bonds is 4. The number of carbonyl (C=O) groups excluding carboxylic acids is 1. The van der Waals surface area contributed by atoms with E-state index in [1.165, 1.54) is 12.3 Å². The number of carbonyl (C=O) groups is 1. The zero-order valence-electron chi connectivity index (χ0n) is 9.75. The number of aryl methyl sites for hydroxylation is 1. The van der Waals surface area contributed by atoms with E-state index in [1.807, 2.05) is 0 Å². The van der Waals surface area contributed by atoms with Crippen LogP contribution in [0.1, 0.15) is 28.9 Å². The highest BCUT2D eigenvalue weighted by molar-refractivity contribution is 5.93. The predicted octanol–water partition coefficient (Wildman–Crippen LogP) is 0.186. The molecule has 1 aliphatic carbocycles. The largest absolute Gasteiger partial charge is 0.396 e. The summed E-state index contributed by atoms with van der Waals surface area (Å²) in [5.74, 6) is -0.383. The van der Waals surface area contributed by atoms with Gasteiger partial charge >= 0.3 is 0 Å². The summed E-state index contributed by atoms with van der Waals surface area (Å²) in [5.41, 5.74) is 0.408. The Morgan fingerprint density at radius 2 is 2.29 bits per heavy atom. The second-order valence-electron chi connectivity index (χ2n) is 4.73. The van der Waals surface area contributed by atoms with Crippen molar-refractivity contribution >= 4 is 5.91 Å². The molecule has 0 unspecified atom stereocenters. The Balaban J connectivity index is 2.02. The van der Waals surface area contributed by atoms with Crippen molar-refractivity contribution in [2.45, 2.75) is 19.8 Å². The molecule has 1 aromatic rings. The minimum Gasteiger partial charge on any atom is -0.396 e. The summed E-state index contributed by atoms with van der Waals surface area (Å²) in [6.07, 6.45) is 3.27. The molecule has 1 fully saturated rings. The van der Waals surface area contributed by atoms with Gasteiger partial charge in [0.25, 0.3) is 5.91 Å². The molecule has 0 bridgehead atoms. The average Bonchev–Trinajstić information content (AvgIpc) is 3.07. The van der Waals surface area contributed by atoms with Gasteiger partial charge in [0, 0.05) is 29.9 Å². The SMILES string of the molecule is Cc1cc(=O)c(C(=O)NCC2(CO)CC2)c[nH]1. The lowest BCUT2D eigenvalue weighted by atomic mass is 10.1. The fraction of sp³-hybridized carbons (Fsp3) is 0.500. The van der Waals surface area contributed by atoms with Gasteiger partial charge < -0.3 is 15.4 Å². The van der Waals surface area contributed by atoms with Gasteiger partial charge in [-0.05, 0) is 19.8 Å². The van der Waals surface area contributed by atoms with Crippen LogP contribution in [-0.2, 0) is 0 Å². The molecular formula is C12H16N2O3. The topological polar surface area (TPSA) is 82.2 Å². The summed E-state index contributed by atoms with van der Waals surface area (Å²) < 4.78 is 0. The Kier molecular flexibility index (Phi) is 3.02. The van der Waals surface area contributed by atoms with Crippen molar-refractivity contribution in [1.29, 1.82) is 0 Å². The first-order chi connectivity index (χ1) is 8.06. The first-order valence-electron chi connectivity index (χ1n) is 5.65. The second kappa shape index (κ2) is 4.33. The highest BCUT2D eigenvalue weighted by atomic mass is 16.3. The number of H-pyrrole nitrogens is 1. The molecule has 0 saturated heterocycles. The molecular weight excluding hydrogens is 220 g/mol. The van der Waals surface area contributed by atoms with Crippen LogP contribution in [0.15, 0.2) is 17.1 Å². The number of aromatic amines is 1. The number of amides is 1. The zero-order chi connectivity index (χ0) is 12.5. The quantitative estimate of drug-likeness (QED) is 0.697. The average molecular weight is 236 g/mol. The van der Waals surface area contributed by atoms with E-state index in [0.717, 1.165) is 18.5 Å². The predicted molar refractivity (Wildman–Crippen MR) is 62.9 cm³/mol. The second-order valence-corrected chi connectivity index (χ2v) is 4.73. The summed E-state index contributed by atoms with van der Waals surface area (Å²) >= 11 is 0. The molecule has 1 heterocycles. The van der Waals surface area contributed by atoms with Gasteiger partial charge in [-0.3, -0.25) is 9.59 Å². The molecule has 5 heteroatoms. The monoisotopic (exact) mass is 236 g/mol. The van der Waals surface area contributed by atoms with Crippen molar-refractivity contribution in [3.63, 3.8) is 0 Å². The highest BCUT2D eigenvalue weighted by Gasteiger charge is 2.42. The Bertz CT molecular complexity index is 489. The van der Waals surface area contributed by atoms with Gasteiger partial charge in [0.2, 0.25) is 0 Å². The minimum atomic E-state index is -0.383. The van der Waals surface area contributed by atoms with Crippen LogP contribution < -0.4 is 10.7 Å². The van der Waals surface area contributed by atoms with E-state index in [-0.39, 0.29) is 28.9 Å². The molecule has 1 aromatic heterocycles. The van der Waals surface area contributed by atoms with Gasteiger partial charge in [-0.2, -0.15) is 0 Å². The summed E-state index contributed by atoms with van der Waals surface area (Å²) in [4.78, 5) is 26.2. The van der Waals surface area contributed by atoms with E-state index in [0.29, 0.717) is 6.54 Å². The molecule has 0 aromatic carbocycles. The van der Waals surface area contributed by atoms with Crippen LogP contribution in [0.4, 0.5) is 0 Å². The van der Waals surface area contributed by atoms with E-state index in [1.54, 1.807) is 6.92 Å². The van der Waals surface area contributed by atoms with Crippen LogP contribution in [0.25, 0.3) is 0 Å². The van der Waals surface area contributed by atoms with E-state index in [2.05, 4.69) is 10.3 Å². The van der Waals surface area contributed by atoms with E-state index in [4.69, 9.17) is 5.11 Å². The summed E-state index contributed by atoms with van der Waals surface area (Å²) in [6, 6.07) is 1.40. The maximum Gasteiger partial charge on any atom is 0.256 e. The van der Waals surface area contributed by atoms with Gasteiger partial charge in [0.05, 0.1) is 6.61 Å². The van der Waals surface area contributed by atoms with Crippen LogP contribution in [0, 0.1) is 12.3 Å². The molecule has 1 saturated carbocycles. The van der Waals surface area contributed by atoms with Crippen LogP contribution in [0.3, 0.4) is 0 Å². The minimum absolute atomic E-state index is 0.0809. The Labute approximate surface area is 98.9 Å². The molecule has 1 amide bonds. The molecule has 2 rings (SSSR count). The van der Waals surface area contributed by atoms with Crippen molar-refractivity contribution < 1.29 is 9.90 Å². The van der Waals surface area contributed by atoms with E-state index in [9.17, 15) is 9.59 Å². The van der Waals surface area contributed by atoms with Crippen molar-refractivity contribution in [2.75, 3.05) is 13.2 Å². The van der Waals surface area contributed by atoms with Crippen LogP contribution >= 0.6 is 0 Å². The number of aliphatic hydroxyl groups is 1. The summed E-state index contributed by atoms with van der Waals surface area (Å²) in [6.45, 7) is 2.27. The fourth-order valence-corrected chi connectivity index (χ4v) is 1.68. The third-order valence-corrected chi connectivity index (χ3v) is 3.22. The van der Waals surface area contributed by atoms with Gasteiger partial charge in [-0.25, -0.2) is 0 Å². The smallest absolute Gasteiger partial charge is 0.256 e. The molecule has 1 aliphatic rings. The molecule has 0 aliphatic heterocycles. The lowest BCUT2D eigenvalue weighted by Gasteiger charge is -2.12. The molecule has 0 atom stereocenters. The fourth-order valence-electron chi connectivity index (χ4n) is 1.68. The summed E-state index contributed by atoms with van der Waals surface area (Å²) in [5, 5.41) is 11.8. The van der Waals surface area contributed by atoms with Gasteiger partial charge in [0.1, 0.15) is 5.56 Å². The third-order valence-electron chi connectivity index (χ3n) is 3.22. The van der Waals surface area contributed by atoms with Gasteiger partial charge in [-0.15, -0.1) is 0 Å². The number of hydrogen-bond acceptors (Lipinski definition) is 3. The van der Waals surface area contributed by atoms with Gasteiger partial charge in [-0.1, -0.05) is 0 Å². The van der Waals surface area contributed by atoms with E-state index >= 15 is 0 Å². The first-order valence-corrected chi connectivity index (χ1v) is 5.65. The van der Waals surface area contributed by atoms with Crippen LogP contribution in [0.5, 0.6) is 0 Å². The van der Waals surface area contributed by atoms with E-state index < -0.39 is 0 Å². The molecule has 3 N–H and O–H groups in total. The normalized spacial score (nSPS) is 16.6. The molecule has 17 heavy (non-hydrogen) atoms. The maximum absolute atomic E-state index is 11.8. The standard InChI is InChI=1S/C12H16N2O3/c1-8-4-10(16)9(5-13-8)11(17)14-6-12(7-15)2-3-12/h4-5,15H,2-3,6-7H2,1H3,(H,13,16)(H,14,17). The number of pyridine rings is 1. The lowest BCUT2D eigenvalue weighted by Crippen LogP contribution is -2.34. The summed E-state index contributed by atoms with van der Waals surface area (Å²) in [7, 11) is 0. The Morgan fingerprint density at radius 1 is 1.59 bits per heavy atom. The lowest BCUT2D eigenvalue weighted by molar-refractivity contribution is 0.0934.